The van der Waals surface area contributed by atoms with Crippen molar-refractivity contribution >= 4 is 24.0 Å². The van der Waals surface area contributed by atoms with Crippen LogP contribution in [-0.2, 0) is 9.31 Å². The molecule has 1 aromatic carbocycles. The fourth-order valence-electron chi connectivity index (χ4n) is 3.04. The molecule has 2 fully saturated rings. The van der Waals surface area contributed by atoms with E-state index < -0.39 is 18.3 Å². The predicted octanol–water partition coefficient (Wildman–Crippen LogP) is 2.49. The number of rotatable bonds is 3. The monoisotopic (exact) mass is 318 g/mol. The standard InChI is InChI=1S/C16H23BN2O4/c1-15(2)16(3,4)23-17(22-15)12-7-8-13(14(11-12)19(20)21)18-9-5-6-10-18/h7-8,11H,5-6,9-10H2,1-4H3. The van der Waals surface area contributed by atoms with Crippen LogP contribution >= 0.6 is 0 Å². The second-order valence-electron chi connectivity index (χ2n) is 7.29. The predicted molar refractivity (Wildman–Crippen MR) is 90.3 cm³/mol. The molecule has 0 N–H and O–H groups in total. The van der Waals surface area contributed by atoms with Crippen LogP contribution in [-0.4, -0.2) is 36.3 Å². The normalized spacial score (nSPS) is 22.6. The summed E-state index contributed by atoms with van der Waals surface area (Å²) in [7, 11) is -0.577. The van der Waals surface area contributed by atoms with Gasteiger partial charge in [0.1, 0.15) is 5.69 Å². The second kappa shape index (κ2) is 5.49. The van der Waals surface area contributed by atoms with E-state index in [-0.39, 0.29) is 10.6 Å². The van der Waals surface area contributed by atoms with Gasteiger partial charge in [0.15, 0.2) is 0 Å². The summed E-state index contributed by atoms with van der Waals surface area (Å²) in [5.41, 5.74) is 0.588. The molecule has 124 valence electrons. The third-order valence-electron chi connectivity index (χ3n) is 5.17. The zero-order valence-corrected chi connectivity index (χ0v) is 14.2. The van der Waals surface area contributed by atoms with Crippen LogP contribution in [0.25, 0.3) is 0 Å². The van der Waals surface area contributed by atoms with Gasteiger partial charge in [-0.1, -0.05) is 6.07 Å². The van der Waals surface area contributed by atoms with Gasteiger partial charge in [-0.25, -0.2) is 0 Å². The lowest BCUT2D eigenvalue weighted by Crippen LogP contribution is -2.41. The lowest BCUT2D eigenvalue weighted by Gasteiger charge is -2.32. The van der Waals surface area contributed by atoms with Gasteiger partial charge in [0.2, 0.25) is 0 Å². The Balaban J connectivity index is 1.93. The van der Waals surface area contributed by atoms with E-state index in [9.17, 15) is 10.1 Å². The van der Waals surface area contributed by atoms with Gasteiger partial charge >= 0.3 is 7.12 Å². The van der Waals surface area contributed by atoms with Gasteiger partial charge in [-0.15, -0.1) is 0 Å². The number of nitro benzene ring substituents is 1. The molecule has 0 radical (unpaired) electrons. The lowest BCUT2D eigenvalue weighted by molar-refractivity contribution is -0.384. The number of nitro groups is 1. The molecule has 23 heavy (non-hydrogen) atoms. The first-order chi connectivity index (χ1) is 10.7. The van der Waals surface area contributed by atoms with E-state index in [1.807, 2.05) is 39.8 Å². The van der Waals surface area contributed by atoms with E-state index in [1.54, 1.807) is 6.07 Å². The summed E-state index contributed by atoms with van der Waals surface area (Å²) in [4.78, 5) is 13.3. The Morgan fingerprint density at radius 2 is 1.70 bits per heavy atom. The van der Waals surface area contributed by atoms with Crippen molar-refractivity contribution in [1.82, 2.24) is 0 Å². The zero-order chi connectivity index (χ0) is 16.8. The van der Waals surface area contributed by atoms with Crippen LogP contribution in [0.3, 0.4) is 0 Å². The molecule has 0 spiro atoms. The molecular formula is C16H23BN2O4. The van der Waals surface area contributed by atoms with Crippen molar-refractivity contribution in [2.75, 3.05) is 18.0 Å². The first-order valence-corrected chi connectivity index (χ1v) is 8.10. The fraction of sp³-hybridized carbons (Fsp3) is 0.625. The topological polar surface area (TPSA) is 64.8 Å². The number of nitrogens with zero attached hydrogens (tertiary/aromatic N) is 2. The molecule has 2 aliphatic rings. The highest BCUT2D eigenvalue weighted by Gasteiger charge is 2.52. The molecule has 2 aliphatic heterocycles. The van der Waals surface area contributed by atoms with Gasteiger partial charge in [0.25, 0.3) is 5.69 Å². The molecule has 7 heteroatoms. The van der Waals surface area contributed by atoms with E-state index >= 15 is 0 Å². The van der Waals surface area contributed by atoms with E-state index in [2.05, 4.69) is 4.90 Å². The molecule has 0 unspecified atom stereocenters. The molecule has 0 amide bonds. The first-order valence-electron chi connectivity index (χ1n) is 8.10. The molecule has 0 atom stereocenters. The minimum atomic E-state index is -0.577. The summed E-state index contributed by atoms with van der Waals surface area (Å²) in [6, 6.07) is 5.29. The zero-order valence-electron chi connectivity index (χ0n) is 14.2. The Hall–Kier alpha value is -1.60. The average molecular weight is 318 g/mol. The first kappa shape index (κ1) is 16.3. The minimum absolute atomic E-state index is 0.124. The lowest BCUT2D eigenvalue weighted by atomic mass is 9.78. The Kier molecular flexibility index (Phi) is 3.88. The van der Waals surface area contributed by atoms with Gasteiger partial charge in [0, 0.05) is 19.2 Å². The molecule has 0 aliphatic carbocycles. The molecule has 0 bridgehead atoms. The van der Waals surface area contributed by atoms with Crippen molar-refractivity contribution < 1.29 is 14.2 Å². The highest BCUT2D eigenvalue weighted by molar-refractivity contribution is 6.62. The van der Waals surface area contributed by atoms with Crippen molar-refractivity contribution in [2.24, 2.45) is 0 Å². The summed E-state index contributed by atoms with van der Waals surface area (Å²) in [6.07, 6.45) is 2.16. The maximum atomic E-state index is 11.5. The van der Waals surface area contributed by atoms with Crippen LogP contribution in [0.2, 0.25) is 0 Å². The number of hydrogen-bond donors (Lipinski definition) is 0. The van der Waals surface area contributed by atoms with Gasteiger partial charge in [-0.05, 0) is 52.1 Å². The average Bonchev–Trinajstić information content (AvgIpc) is 3.05. The Labute approximate surface area is 137 Å². The third kappa shape index (κ3) is 2.83. The van der Waals surface area contributed by atoms with Crippen LogP contribution in [0, 0.1) is 10.1 Å². The molecular weight excluding hydrogens is 295 g/mol. The molecule has 0 saturated carbocycles. The second-order valence-corrected chi connectivity index (χ2v) is 7.29. The van der Waals surface area contributed by atoms with Crippen molar-refractivity contribution in [3.8, 4) is 0 Å². The highest BCUT2D eigenvalue weighted by atomic mass is 16.7. The quantitative estimate of drug-likeness (QED) is 0.487. The van der Waals surface area contributed by atoms with Gasteiger partial charge in [-0.2, -0.15) is 0 Å². The molecule has 3 rings (SSSR count). The Morgan fingerprint density at radius 1 is 1.13 bits per heavy atom. The highest BCUT2D eigenvalue weighted by Crippen LogP contribution is 2.37. The summed E-state index contributed by atoms with van der Waals surface area (Å²) in [5, 5.41) is 11.5. The van der Waals surface area contributed by atoms with E-state index in [0.717, 1.165) is 25.9 Å². The smallest absolute Gasteiger partial charge is 0.399 e. The van der Waals surface area contributed by atoms with Crippen LogP contribution in [0.4, 0.5) is 11.4 Å². The SMILES string of the molecule is CC1(C)OB(c2ccc(N3CCCC3)c([N+](=O)[O-])c2)OC1(C)C. The maximum absolute atomic E-state index is 11.5. The van der Waals surface area contributed by atoms with Crippen molar-refractivity contribution in [1.29, 1.82) is 0 Å². The fourth-order valence-corrected chi connectivity index (χ4v) is 3.04. The van der Waals surface area contributed by atoms with Crippen LogP contribution < -0.4 is 10.4 Å². The van der Waals surface area contributed by atoms with Gasteiger partial charge in [0.05, 0.1) is 16.1 Å². The Bertz CT molecular complexity index is 611. The van der Waals surface area contributed by atoms with E-state index in [1.165, 1.54) is 0 Å². The van der Waals surface area contributed by atoms with Crippen LogP contribution in [0.5, 0.6) is 0 Å². The van der Waals surface area contributed by atoms with E-state index in [0.29, 0.717) is 11.2 Å². The largest absolute Gasteiger partial charge is 0.495 e. The number of hydrogen-bond acceptors (Lipinski definition) is 5. The van der Waals surface area contributed by atoms with Crippen molar-refractivity contribution in [3.05, 3.63) is 28.3 Å². The van der Waals surface area contributed by atoms with Crippen LogP contribution in [0.1, 0.15) is 40.5 Å². The maximum Gasteiger partial charge on any atom is 0.495 e. The summed E-state index contributed by atoms with van der Waals surface area (Å²) in [6.45, 7) is 9.63. The van der Waals surface area contributed by atoms with Crippen molar-refractivity contribution in [2.45, 2.75) is 51.7 Å². The minimum Gasteiger partial charge on any atom is -0.399 e. The molecule has 6 nitrogen and oxygen atoms in total. The third-order valence-corrected chi connectivity index (χ3v) is 5.17. The van der Waals surface area contributed by atoms with Gasteiger partial charge in [-0.3, -0.25) is 10.1 Å². The number of anilines is 1. The molecule has 0 aromatic heterocycles. The van der Waals surface area contributed by atoms with Gasteiger partial charge < -0.3 is 14.2 Å². The summed E-state index contributed by atoms with van der Waals surface area (Å²) >= 11 is 0. The molecule has 1 aromatic rings. The molecule has 2 saturated heterocycles. The Morgan fingerprint density at radius 3 is 2.22 bits per heavy atom. The van der Waals surface area contributed by atoms with Crippen LogP contribution in [0.15, 0.2) is 18.2 Å². The van der Waals surface area contributed by atoms with E-state index in [4.69, 9.17) is 9.31 Å². The summed E-state index contributed by atoms with van der Waals surface area (Å²) in [5.74, 6) is 0. The number of benzene rings is 1. The van der Waals surface area contributed by atoms with Crippen molar-refractivity contribution in [3.63, 3.8) is 0 Å². The summed E-state index contributed by atoms with van der Waals surface area (Å²) < 4.78 is 12.0. The molecule has 2 heterocycles.